The number of ether oxygens (including phenoxy) is 2. The molecule has 0 spiro atoms. The van der Waals surface area contributed by atoms with Crippen LogP contribution in [0, 0.1) is 56.2 Å². The summed E-state index contributed by atoms with van der Waals surface area (Å²) in [5, 5.41) is 3.99. The van der Waals surface area contributed by atoms with Crippen LogP contribution < -0.4 is 5.32 Å². The predicted molar refractivity (Wildman–Crippen MR) is 233 cm³/mol. The fraction of sp³-hybridized carbons (Fsp3) is 0.725. The quantitative estimate of drug-likeness (QED) is 0.197. The molecule has 1 N–H and O–H groups in total. The fourth-order valence-corrected chi connectivity index (χ4v) is 14.2. The summed E-state index contributed by atoms with van der Waals surface area (Å²) in [6.07, 6.45) is 13.8. The van der Waals surface area contributed by atoms with Gasteiger partial charge in [-0.05, 0) is 174 Å². The van der Waals surface area contributed by atoms with Crippen LogP contribution >= 0.6 is 11.6 Å². The molecule has 7 rings (SSSR count). The Morgan fingerprint density at radius 2 is 1.58 bits per heavy atom. The highest BCUT2D eigenvalue weighted by atomic mass is 35.5. The van der Waals surface area contributed by atoms with Crippen LogP contribution in [0.5, 0.6) is 0 Å². The Hall–Kier alpha value is -2.93. The molecule has 59 heavy (non-hydrogen) atoms. The number of nitrogens with one attached hydrogen (secondary N) is 1. The van der Waals surface area contributed by atoms with Crippen LogP contribution in [-0.4, -0.2) is 35.3 Å². The molecule has 5 saturated carbocycles. The fourth-order valence-electron chi connectivity index (χ4n) is 14.0. The normalized spacial score (nSPS) is 36.0. The number of halogens is 1. The largest absolute Gasteiger partial charge is 0.462 e. The molecule has 8 heteroatoms. The lowest BCUT2D eigenvalue weighted by molar-refractivity contribution is -0.232. The standard InChI is InChI=1S/C51H72ClNO6/c1-31(2)41-35(54)29-50(23-20-39(55)53-51(26-27-51)32-14-13-15-33(52)28-32)25-24-48(11)34(42(41)50)16-17-37-47(10)21-19-38(46(8,9)36(47)18-22-49(37,48)12)58-40(56)30-45(6,7)43(57)59-44(3,4)5/h13-15,20,23,28,31,34,36-38H,16-19,21-22,24-27,29-30H2,1-12H3,(H,53,55)/t34-,36+,37-,38+,47+,48-,49-,50+/m1/s1. The monoisotopic (exact) mass is 830 g/mol. The lowest BCUT2D eigenvalue weighted by Gasteiger charge is -2.72. The lowest BCUT2D eigenvalue weighted by Crippen LogP contribution is -2.65. The number of Topliss-reactive ketones (excluding diaryl/α,β-unsaturated/α-hetero) is 1. The maximum atomic E-state index is 14.1. The van der Waals surface area contributed by atoms with Crippen LogP contribution in [0.1, 0.15) is 166 Å². The Morgan fingerprint density at radius 3 is 2.20 bits per heavy atom. The zero-order valence-electron chi connectivity index (χ0n) is 38.2. The second-order valence-electron chi connectivity index (χ2n) is 23.2. The van der Waals surface area contributed by atoms with Crippen molar-refractivity contribution in [3.8, 4) is 0 Å². The van der Waals surface area contributed by atoms with Gasteiger partial charge in [0.15, 0.2) is 5.78 Å². The first-order valence-electron chi connectivity index (χ1n) is 22.7. The van der Waals surface area contributed by atoms with E-state index in [2.05, 4.69) is 59.9 Å². The molecule has 324 valence electrons. The molecule has 1 aromatic rings. The Labute approximate surface area is 359 Å². The van der Waals surface area contributed by atoms with E-state index in [1.165, 1.54) is 5.57 Å². The van der Waals surface area contributed by atoms with Crippen LogP contribution in [0.2, 0.25) is 5.02 Å². The Kier molecular flexibility index (Phi) is 10.9. The summed E-state index contributed by atoms with van der Waals surface area (Å²) in [6, 6.07) is 7.80. The summed E-state index contributed by atoms with van der Waals surface area (Å²) < 4.78 is 12.0. The second kappa shape index (κ2) is 14.6. The lowest BCUT2D eigenvalue weighted by atomic mass is 9.33. The smallest absolute Gasteiger partial charge is 0.312 e. The molecular weight excluding hydrogens is 758 g/mol. The zero-order valence-corrected chi connectivity index (χ0v) is 38.9. The topological polar surface area (TPSA) is 98.8 Å². The Balaban J connectivity index is 1.11. The van der Waals surface area contributed by atoms with Crippen molar-refractivity contribution in [1.29, 1.82) is 0 Å². The van der Waals surface area contributed by atoms with Crippen molar-refractivity contribution in [2.45, 2.75) is 177 Å². The summed E-state index contributed by atoms with van der Waals surface area (Å²) in [7, 11) is 0. The van der Waals surface area contributed by atoms with Gasteiger partial charge in [-0.15, -0.1) is 0 Å². The Bertz CT molecular complexity index is 1960. The molecule has 0 saturated heterocycles. The molecule has 1 aromatic carbocycles. The third-order valence-electron chi connectivity index (χ3n) is 17.3. The third kappa shape index (κ3) is 7.37. The van der Waals surface area contributed by atoms with Crippen LogP contribution in [0.3, 0.4) is 0 Å². The van der Waals surface area contributed by atoms with Crippen molar-refractivity contribution in [3.05, 3.63) is 58.1 Å². The highest BCUT2D eigenvalue weighted by Crippen LogP contribution is 2.77. The minimum absolute atomic E-state index is 0.00502. The van der Waals surface area contributed by atoms with E-state index in [9.17, 15) is 19.2 Å². The number of ketones is 1. The van der Waals surface area contributed by atoms with Crippen LogP contribution in [-0.2, 0) is 34.2 Å². The minimum Gasteiger partial charge on any atom is -0.462 e. The molecule has 1 amide bonds. The highest BCUT2D eigenvalue weighted by Gasteiger charge is 2.70. The first kappa shape index (κ1) is 44.1. The molecule has 0 heterocycles. The van der Waals surface area contributed by atoms with Gasteiger partial charge in [-0.3, -0.25) is 19.2 Å². The number of benzene rings is 1. The summed E-state index contributed by atoms with van der Waals surface area (Å²) in [5.74, 6) is 0.700. The maximum Gasteiger partial charge on any atom is 0.312 e. The number of esters is 2. The van der Waals surface area contributed by atoms with E-state index in [1.807, 2.05) is 45.0 Å². The number of hydrogen-bond acceptors (Lipinski definition) is 6. The number of rotatable bonds is 9. The summed E-state index contributed by atoms with van der Waals surface area (Å²) in [4.78, 5) is 54.4. The second-order valence-corrected chi connectivity index (χ2v) is 23.6. The van der Waals surface area contributed by atoms with E-state index in [0.29, 0.717) is 23.3 Å². The van der Waals surface area contributed by atoms with Crippen molar-refractivity contribution in [2.24, 2.45) is 56.2 Å². The molecule has 6 aliphatic rings. The summed E-state index contributed by atoms with van der Waals surface area (Å²) in [6.45, 7) is 25.7. The van der Waals surface area contributed by atoms with Gasteiger partial charge in [0.25, 0.3) is 0 Å². The van der Waals surface area contributed by atoms with Gasteiger partial charge < -0.3 is 14.8 Å². The number of allylic oxidation sites excluding steroid dienone is 3. The molecule has 0 radical (unpaired) electrons. The average molecular weight is 831 g/mol. The predicted octanol–water partition coefficient (Wildman–Crippen LogP) is 11.7. The van der Waals surface area contributed by atoms with Crippen molar-refractivity contribution in [1.82, 2.24) is 5.32 Å². The molecule has 0 bridgehead atoms. The molecule has 8 atom stereocenters. The first-order chi connectivity index (χ1) is 27.2. The average Bonchev–Trinajstić information content (AvgIpc) is 3.82. The molecular formula is C51H72ClNO6. The van der Waals surface area contributed by atoms with Gasteiger partial charge in [-0.25, -0.2) is 0 Å². The van der Waals surface area contributed by atoms with Crippen molar-refractivity contribution >= 4 is 35.2 Å². The molecule has 5 fully saturated rings. The van der Waals surface area contributed by atoms with Crippen molar-refractivity contribution in [2.75, 3.05) is 0 Å². The molecule has 0 unspecified atom stereocenters. The van der Waals surface area contributed by atoms with Crippen molar-refractivity contribution in [3.63, 3.8) is 0 Å². The minimum atomic E-state index is -0.982. The van der Waals surface area contributed by atoms with Gasteiger partial charge in [-0.2, -0.15) is 0 Å². The zero-order chi connectivity index (χ0) is 43.4. The molecule has 6 aliphatic carbocycles. The molecule has 0 aliphatic heterocycles. The van der Waals surface area contributed by atoms with E-state index in [4.69, 9.17) is 21.1 Å². The first-order valence-corrected chi connectivity index (χ1v) is 23.1. The van der Waals surface area contributed by atoms with E-state index in [1.54, 1.807) is 19.9 Å². The van der Waals surface area contributed by atoms with Gasteiger partial charge in [0.05, 0.1) is 17.4 Å². The van der Waals surface area contributed by atoms with E-state index < -0.39 is 16.4 Å². The van der Waals surface area contributed by atoms with E-state index in [-0.39, 0.29) is 75.2 Å². The molecule has 0 aromatic heterocycles. The van der Waals surface area contributed by atoms with E-state index >= 15 is 0 Å². The van der Waals surface area contributed by atoms with Gasteiger partial charge in [0.1, 0.15) is 11.7 Å². The van der Waals surface area contributed by atoms with Crippen molar-refractivity contribution < 1.29 is 28.7 Å². The number of carbonyl (C=O) groups excluding carboxylic acids is 4. The van der Waals surface area contributed by atoms with Crippen LogP contribution in [0.4, 0.5) is 0 Å². The van der Waals surface area contributed by atoms with Gasteiger partial charge in [0, 0.05) is 22.3 Å². The van der Waals surface area contributed by atoms with Crippen LogP contribution in [0.25, 0.3) is 0 Å². The van der Waals surface area contributed by atoms with E-state index in [0.717, 1.165) is 75.3 Å². The molecule has 7 nitrogen and oxygen atoms in total. The van der Waals surface area contributed by atoms with Crippen LogP contribution in [0.15, 0.2) is 47.6 Å². The number of carbonyl (C=O) groups is 4. The third-order valence-corrected chi connectivity index (χ3v) is 17.5. The Morgan fingerprint density at radius 1 is 0.881 bits per heavy atom. The van der Waals surface area contributed by atoms with Gasteiger partial charge >= 0.3 is 11.9 Å². The summed E-state index contributed by atoms with van der Waals surface area (Å²) in [5.41, 5.74) is 0.863. The maximum absolute atomic E-state index is 14.1. The highest BCUT2D eigenvalue weighted by molar-refractivity contribution is 6.30. The van der Waals surface area contributed by atoms with Gasteiger partial charge in [0.2, 0.25) is 5.91 Å². The number of hydrogen-bond donors (Lipinski definition) is 1. The summed E-state index contributed by atoms with van der Waals surface area (Å²) >= 11 is 6.33. The SMILES string of the molecule is CC(C)C1=C2[C@H]3CC[C@@H]4[C@@]5(C)CC[C@H](OC(=O)CC(C)(C)C(=O)OC(C)(C)C)C(C)(C)[C@@H]5CC[C@@]4(C)[C@]3(C)CC[C@@]2(C=CC(=O)NC2(c3cccc(Cl)c3)CC2)CC1=O. The number of amides is 1. The number of fused-ring (bicyclic) bond motifs is 7. The van der Waals surface area contributed by atoms with Gasteiger partial charge in [-0.1, -0.05) is 78.3 Å².